The second kappa shape index (κ2) is 4.81. The van der Waals surface area contributed by atoms with Crippen molar-refractivity contribution in [2.75, 3.05) is 13.1 Å². The molecule has 1 aromatic carbocycles. The zero-order chi connectivity index (χ0) is 10.7. The van der Waals surface area contributed by atoms with Gasteiger partial charge in [-0.15, -0.1) is 0 Å². The first kappa shape index (κ1) is 10.7. The number of benzene rings is 1. The van der Waals surface area contributed by atoms with Gasteiger partial charge in [0.05, 0.1) is 5.02 Å². The summed E-state index contributed by atoms with van der Waals surface area (Å²) >= 11 is 5.86. The predicted octanol–water partition coefficient (Wildman–Crippen LogP) is 2.61. The van der Waals surface area contributed by atoms with E-state index in [2.05, 4.69) is 5.32 Å². The lowest BCUT2D eigenvalue weighted by Gasteiger charge is -2.24. The summed E-state index contributed by atoms with van der Waals surface area (Å²) in [4.78, 5) is 0. The van der Waals surface area contributed by atoms with E-state index in [1.807, 2.05) is 0 Å². The van der Waals surface area contributed by atoms with Crippen molar-refractivity contribution in [3.63, 3.8) is 0 Å². The fourth-order valence-electron chi connectivity index (χ4n) is 1.67. The topological polar surface area (TPSA) is 21.3 Å². The summed E-state index contributed by atoms with van der Waals surface area (Å²) < 4.78 is 18.5. The fraction of sp³-hybridized carbons (Fsp3) is 0.455. The molecule has 2 rings (SSSR count). The van der Waals surface area contributed by atoms with Crippen LogP contribution in [-0.2, 0) is 0 Å². The predicted molar refractivity (Wildman–Crippen MR) is 57.9 cm³/mol. The molecule has 0 saturated carbocycles. The van der Waals surface area contributed by atoms with Crippen LogP contribution >= 0.6 is 11.6 Å². The molecule has 4 heteroatoms. The summed E-state index contributed by atoms with van der Waals surface area (Å²) in [5, 5.41) is 3.58. The van der Waals surface area contributed by atoms with E-state index in [0.717, 1.165) is 25.9 Å². The van der Waals surface area contributed by atoms with Gasteiger partial charge in [0.15, 0.2) is 0 Å². The standard InChI is InChI=1S/C11H13ClFNO/c12-10-6-8(13)3-4-11(10)15-9-2-1-5-14-7-9/h3-4,6,9,14H,1-2,5,7H2/t9-/m0/s1. The van der Waals surface area contributed by atoms with E-state index >= 15 is 0 Å². The van der Waals surface area contributed by atoms with Gasteiger partial charge in [0.1, 0.15) is 17.7 Å². The third kappa shape index (κ3) is 2.83. The van der Waals surface area contributed by atoms with Gasteiger partial charge >= 0.3 is 0 Å². The fourth-order valence-corrected chi connectivity index (χ4v) is 1.88. The molecule has 1 fully saturated rings. The largest absolute Gasteiger partial charge is 0.488 e. The van der Waals surface area contributed by atoms with Crippen LogP contribution in [0.2, 0.25) is 5.02 Å². The second-order valence-electron chi connectivity index (χ2n) is 3.66. The molecule has 1 heterocycles. The molecule has 1 N–H and O–H groups in total. The van der Waals surface area contributed by atoms with E-state index in [1.165, 1.54) is 12.1 Å². The van der Waals surface area contributed by atoms with Gasteiger partial charge in [0.25, 0.3) is 0 Å². The second-order valence-corrected chi connectivity index (χ2v) is 4.07. The number of hydrogen-bond acceptors (Lipinski definition) is 2. The summed E-state index contributed by atoms with van der Waals surface area (Å²) in [5.41, 5.74) is 0. The number of rotatable bonds is 2. The van der Waals surface area contributed by atoms with E-state index in [9.17, 15) is 4.39 Å². The van der Waals surface area contributed by atoms with Crippen molar-refractivity contribution in [3.05, 3.63) is 29.0 Å². The molecule has 1 aliphatic heterocycles. The van der Waals surface area contributed by atoms with E-state index in [1.54, 1.807) is 6.07 Å². The van der Waals surface area contributed by atoms with Crippen LogP contribution in [0.4, 0.5) is 4.39 Å². The Morgan fingerprint density at radius 3 is 3.00 bits per heavy atom. The molecule has 1 atom stereocenters. The van der Waals surface area contributed by atoms with Crippen molar-refractivity contribution in [1.82, 2.24) is 5.32 Å². The van der Waals surface area contributed by atoms with Crippen molar-refractivity contribution >= 4 is 11.6 Å². The number of halogens is 2. The summed E-state index contributed by atoms with van der Waals surface area (Å²) in [6, 6.07) is 4.21. The molecule has 0 bridgehead atoms. The Morgan fingerprint density at radius 2 is 2.33 bits per heavy atom. The third-order valence-corrected chi connectivity index (χ3v) is 2.73. The highest BCUT2D eigenvalue weighted by Crippen LogP contribution is 2.26. The molecule has 0 aromatic heterocycles. The van der Waals surface area contributed by atoms with Gasteiger partial charge in [0.2, 0.25) is 0 Å². The van der Waals surface area contributed by atoms with Gasteiger partial charge < -0.3 is 10.1 Å². The lowest BCUT2D eigenvalue weighted by atomic mass is 10.1. The minimum Gasteiger partial charge on any atom is -0.488 e. The zero-order valence-electron chi connectivity index (χ0n) is 8.30. The summed E-state index contributed by atoms with van der Waals surface area (Å²) in [6.45, 7) is 1.87. The van der Waals surface area contributed by atoms with E-state index in [0.29, 0.717) is 10.8 Å². The van der Waals surface area contributed by atoms with Crippen LogP contribution in [0.15, 0.2) is 18.2 Å². The van der Waals surface area contributed by atoms with Gasteiger partial charge in [0, 0.05) is 6.54 Å². The Kier molecular flexibility index (Phi) is 3.44. The summed E-state index contributed by atoms with van der Waals surface area (Å²) in [6.07, 6.45) is 2.26. The molecule has 1 saturated heterocycles. The van der Waals surface area contributed by atoms with Crippen molar-refractivity contribution in [1.29, 1.82) is 0 Å². The maximum absolute atomic E-state index is 12.8. The highest BCUT2D eigenvalue weighted by molar-refractivity contribution is 6.32. The smallest absolute Gasteiger partial charge is 0.138 e. The maximum Gasteiger partial charge on any atom is 0.138 e. The minimum atomic E-state index is -0.339. The van der Waals surface area contributed by atoms with E-state index in [-0.39, 0.29) is 11.9 Å². The Morgan fingerprint density at radius 1 is 1.47 bits per heavy atom. The first-order chi connectivity index (χ1) is 7.25. The molecule has 1 aromatic rings. The number of piperidine rings is 1. The van der Waals surface area contributed by atoms with Crippen LogP contribution in [0.3, 0.4) is 0 Å². The monoisotopic (exact) mass is 229 g/mol. The van der Waals surface area contributed by atoms with Crippen LogP contribution in [0.5, 0.6) is 5.75 Å². The molecule has 15 heavy (non-hydrogen) atoms. The van der Waals surface area contributed by atoms with Crippen molar-refractivity contribution in [2.24, 2.45) is 0 Å². The average Bonchev–Trinajstić information content (AvgIpc) is 2.24. The molecule has 1 aliphatic rings. The molecule has 82 valence electrons. The van der Waals surface area contributed by atoms with Crippen LogP contribution in [0, 0.1) is 5.82 Å². The molecular weight excluding hydrogens is 217 g/mol. The number of ether oxygens (including phenoxy) is 1. The summed E-state index contributed by atoms with van der Waals surface area (Å²) in [7, 11) is 0. The lowest BCUT2D eigenvalue weighted by molar-refractivity contribution is 0.167. The van der Waals surface area contributed by atoms with E-state index < -0.39 is 0 Å². The average molecular weight is 230 g/mol. The van der Waals surface area contributed by atoms with Crippen LogP contribution < -0.4 is 10.1 Å². The van der Waals surface area contributed by atoms with Gasteiger partial charge in [-0.3, -0.25) is 0 Å². The highest BCUT2D eigenvalue weighted by atomic mass is 35.5. The van der Waals surface area contributed by atoms with E-state index in [4.69, 9.17) is 16.3 Å². The first-order valence-corrected chi connectivity index (χ1v) is 5.46. The number of nitrogens with one attached hydrogen (secondary N) is 1. The molecule has 0 radical (unpaired) electrons. The first-order valence-electron chi connectivity index (χ1n) is 5.08. The normalized spacial score (nSPS) is 21.3. The molecular formula is C11H13ClFNO. The van der Waals surface area contributed by atoms with Crippen LogP contribution in [0.1, 0.15) is 12.8 Å². The molecule has 0 aliphatic carbocycles. The number of hydrogen-bond donors (Lipinski definition) is 1. The van der Waals surface area contributed by atoms with Gasteiger partial charge in [-0.2, -0.15) is 0 Å². The Labute approximate surface area is 93.4 Å². The maximum atomic E-state index is 12.8. The Hall–Kier alpha value is -0.800. The molecule has 0 unspecified atom stereocenters. The lowest BCUT2D eigenvalue weighted by Crippen LogP contribution is -2.37. The molecule has 0 amide bonds. The van der Waals surface area contributed by atoms with Gasteiger partial charge in [-0.1, -0.05) is 11.6 Å². The molecule has 2 nitrogen and oxygen atoms in total. The molecule has 0 spiro atoms. The summed E-state index contributed by atoms with van der Waals surface area (Å²) in [5.74, 6) is 0.223. The van der Waals surface area contributed by atoms with Gasteiger partial charge in [-0.25, -0.2) is 4.39 Å². The van der Waals surface area contributed by atoms with Crippen molar-refractivity contribution in [2.45, 2.75) is 18.9 Å². The third-order valence-electron chi connectivity index (χ3n) is 2.44. The quantitative estimate of drug-likeness (QED) is 0.842. The highest BCUT2D eigenvalue weighted by Gasteiger charge is 2.15. The van der Waals surface area contributed by atoms with Crippen LogP contribution in [0.25, 0.3) is 0 Å². The van der Waals surface area contributed by atoms with Gasteiger partial charge in [-0.05, 0) is 37.6 Å². The van der Waals surface area contributed by atoms with Crippen molar-refractivity contribution in [3.8, 4) is 5.75 Å². The van der Waals surface area contributed by atoms with Crippen molar-refractivity contribution < 1.29 is 9.13 Å². The zero-order valence-corrected chi connectivity index (χ0v) is 9.06. The van der Waals surface area contributed by atoms with Crippen LogP contribution in [-0.4, -0.2) is 19.2 Å². The Balaban J connectivity index is 2.03. The Bertz CT molecular complexity index is 339. The minimum absolute atomic E-state index is 0.140. The SMILES string of the molecule is Fc1ccc(O[C@H]2CCCNC2)c(Cl)c1.